The summed E-state index contributed by atoms with van der Waals surface area (Å²) in [5, 5.41) is 4.17. The van der Waals surface area contributed by atoms with Crippen LogP contribution in [0.2, 0.25) is 0 Å². The molecule has 0 N–H and O–H groups in total. The van der Waals surface area contributed by atoms with Crippen molar-refractivity contribution in [1.82, 2.24) is 9.78 Å². The van der Waals surface area contributed by atoms with Gasteiger partial charge in [-0.15, -0.1) is 0 Å². The summed E-state index contributed by atoms with van der Waals surface area (Å²) in [5.74, 6) is 0.494. The van der Waals surface area contributed by atoms with Gasteiger partial charge < -0.3 is 0 Å². The highest BCUT2D eigenvalue weighted by molar-refractivity contribution is 6.00. The van der Waals surface area contributed by atoms with Crippen LogP contribution < -0.4 is 0 Å². The summed E-state index contributed by atoms with van der Waals surface area (Å²) in [6.45, 7) is 0. The molecule has 1 aromatic heterocycles. The number of aromatic nitrogens is 2. The van der Waals surface area contributed by atoms with Gasteiger partial charge in [-0.05, 0) is 37.3 Å². The number of fused-ring (bicyclic) bond motifs is 1. The average Bonchev–Trinajstić information content (AvgIpc) is 2.84. The van der Waals surface area contributed by atoms with Gasteiger partial charge in [0.1, 0.15) is 0 Å². The van der Waals surface area contributed by atoms with Crippen LogP contribution in [0.15, 0.2) is 36.5 Å². The zero-order chi connectivity index (χ0) is 13.2. The van der Waals surface area contributed by atoms with Gasteiger partial charge in [-0.2, -0.15) is 5.10 Å². The SMILES string of the molecule is Cn1nccc1CCC1CCc2ccccc2C1=O. The molecule has 0 bridgehead atoms. The lowest BCUT2D eigenvalue weighted by molar-refractivity contribution is 0.0894. The predicted molar refractivity (Wildman–Crippen MR) is 74.1 cm³/mol. The summed E-state index contributed by atoms with van der Waals surface area (Å²) >= 11 is 0. The molecule has 0 saturated heterocycles. The summed E-state index contributed by atoms with van der Waals surface area (Å²) in [5.41, 5.74) is 3.35. The monoisotopic (exact) mass is 254 g/mol. The molecule has 0 amide bonds. The molecule has 1 aliphatic rings. The first-order chi connectivity index (χ1) is 9.25. The van der Waals surface area contributed by atoms with E-state index in [0.29, 0.717) is 5.78 Å². The average molecular weight is 254 g/mol. The Morgan fingerprint density at radius 2 is 2.16 bits per heavy atom. The molecule has 0 fully saturated rings. The Balaban J connectivity index is 1.71. The van der Waals surface area contributed by atoms with Crippen molar-refractivity contribution in [3.8, 4) is 0 Å². The minimum Gasteiger partial charge on any atom is -0.294 e. The summed E-state index contributed by atoms with van der Waals surface area (Å²) in [7, 11) is 1.95. The van der Waals surface area contributed by atoms with E-state index < -0.39 is 0 Å². The predicted octanol–water partition coefficient (Wildman–Crippen LogP) is 2.80. The first-order valence-corrected chi connectivity index (χ1v) is 6.84. The van der Waals surface area contributed by atoms with Crippen LogP contribution in [0, 0.1) is 5.92 Å². The fourth-order valence-electron chi connectivity index (χ4n) is 2.90. The Morgan fingerprint density at radius 1 is 1.32 bits per heavy atom. The molecular formula is C16H18N2O. The van der Waals surface area contributed by atoms with E-state index in [0.717, 1.165) is 31.2 Å². The number of rotatable bonds is 3. The number of carbonyl (C=O) groups is 1. The van der Waals surface area contributed by atoms with Gasteiger partial charge in [0.15, 0.2) is 5.78 Å². The van der Waals surface area contributed by atoms with E-state index in [4.69, 9.17) is 0 Å². The van der Waals surface area contributed by atoms with E-state index >= 15 is 0 Å². The Morgan fingerprint density at radius 3 is 2.95 bits per heavy atom. The number of hydrogen-bond donors (Lipinski definition) is 0. The van der Waals surface area contributed by atoms with Crippen molar-refractivity contribution in [2.45, 2.75) is 25.7 Å². The maximum absolute atomic E-state index is 12.4. The Kier molecular flexibility index (Phi) is 3.20. The van der Waals surface area contributed by atoms with Crippen LogP contribution in [-0.4, -0.2) is 15.6 Å². The lowest BCUT2D eigenvalue weighted by atomic mass is 9.80. The van der Waals surface area contributed by atoms with Gasteiger partial charge >= 0.3 is 0 Å². The number of hydrogen-bond acceptors (Lipinski definition) is 2. The third-order valence-corrected chi connectivity index (χ3v) is 4.09. The molecule has 3 heteroatoms. The molecule has 19 heavy (non-hydrogen) atoms. The second-order valence-corrected chi connectivity index (χ2v) is 5.24. The number of benzene rings is 1. The van der Waals surface area contributed by atoms with Gasteiger partial charge in [0.05, 0.1) is 0 Å². The maximum atomic E-state index is 12.4. The van der Waals surface area contributed by atoms with Crippen LogP contribution in [0.3, 0.4) is 0 Å². The molecule has 3 nitrogen and oxygen atoms in total. The van der Waals surface area contributed by atoms with E-state index in [1.807, 2.05) is 42.2 Å². The van der Waals surface area contributed by atoms with E-state index in [2.05, 4.69) is 11.2 Å². The van der Waals surface area contributed by atoms with Crippen molar-refractivity contribution in [1.29, 1.82) is 0 Å². The minimum atomic E-state index is 0.171. The van der Waals surface area contributed by atoms with Crippen molar-refractivity contribution in [2.75, 3.05) is 0 Å². The molecule has 0 saturated carbocycles. The molecule has 2 aromatic rings. The van der Waals surface area contributed by atoms with E-state index in [1.54, 1.807) is 0 Å². The van der Waals surface area contributed by atoms with Crippen molar-refractivity contribution < 1.29 is 4.79 Å². The summed E-state index contributed by atoms with van der Waals surface area (Å²) in [4.78, 5) is 12.4. The summed E-state index contributed by atoms with van der Waals surface area (Å²) < 4.78 is 1.89. The molecule has 0 spiro atoms. The number of carbonyl (C=O) groups excluding carboxylic acids is 1. The van der Waals surface area contributed by atoms with Gasteiger partial charge in [-0.1, -0.05) is 24.3 Å². The van der Waals surface area contributed by atoms with Crippen LogP contribution in [0.4, 0.5) is 0 Å². The second-order valence-electron chi connectivity index (χ2n) is 5.24. The van der Waals surface area contributed by atoms with Crippen LogP contribution in [0.5, 0.6) is 0 Å². The Hall–Kier alpha value is -1.90. The first-order valence-electron chi connectivity index (χ1n) is 6.84. The number of aryl methyl sites for hydroxylation is 3. The van der Waals surface area contributed by atoms with Crippen LogP contribution in [-0.2, 0) is 19.9 Å². The van der Waals surface area contributed by atoms with Crippen molar-refractivity contribution in [3.05, 3.63) is 53.3 Å². The Bertz CT molecular complexity index is 600. The zero-order valence-electron chi connectivity index (χ0n) is 11.2. The highest BCUT2D eigenvalue weighted by atomic mass is 16.1. The Labute approximate surface area is 113 Å². The fourth-order valence-corrected chi connectivity index (χ4v) is 2.90. The van der Waals surface area contributed by atoms with E-state index in [1.165, 1.54) is 11.3 Å². The standard InChI is InChI=1S/C16H18N2O/c1-18-14(10-11-17-18)9-8-13-7-6-12-4-2-3-5-15(12)16(13)19/h2-5,10-11,13H,6-9H2,1H3. The minimum absolute atomic E-state index is 0.171. The molecule has 1 aliphatic carbocycles. The van der Waals surface area contributed by atoms with E-state index in [9.17, 15) is 4.79 Å². The molecule has 98 valence electrons. The zero-order valence-corrected chi connectivity index (χ0v) is 11.2. The van der Waals surface area contributed by atoms with Gasteiger partial charge in [0, 0.05) is 30.4 Å². The van der Waals surface area contributed by atoms with Gasteiger partial charge in [0.2, 0.25) is 0 Å². The quantitative estimate of drug-likeness (QED) is 0.844. The normalized spacial score (nSPS) is 18.4. The highest BCUT2D eigenvalue weighted by Gasteiger charge is 2.26. The molecule has 0 aliphatic heterocycles. The summed E-state index contributed by atoms with van der Waals surface area (Å²) in [6.07, 6.45) is 5.67. The smallest absolute Gasteiger partial charge is 0.166 e. The molecule has 1 atom stereocenters. The van der Waals surface area contributed by atoms with Crippen molar-refractivity contribution in [3.63, 3.8) is 0 Å². The van der Waals surface area contributed by atoms with Crippen LogP contribution in [0.25, 0.3) is 0 Å². The number of Topliss-reactive ketones (excluding diaryl/α,β-unsaturated/α-hetero) is 1. The molecule has 1 heterocycles. The topological polar surface area (TPSA) is 34.9 Å². The molecular weight excluding hydrogens is 236 g/mol. The molecule has 3 rings (SSSR count). The molecule has 1 aromatic carbocycles. The maximum Gasteiger partial charge on any atom is 0.166 e. The van der Waals surface area contributed by atoms with Gasteiger partial charge in [0.25, 0.3) is 0 Å². The van der Waals surface area contributed by atoms with Gasteiger partial charge in [-0.3, -0.25) is 9.48 Å². The molecule has 1 unspecified atom stereocenters. The lowest BCUT2D eigenvalue weighted by Gasteiger charge is -2.23. The fraction of sp³-hybridized carbons (Fsp3) is 0.375. The summed E-state index contributed by atoms with van der Waals surface area (Å²) in [6, 6.07) is 10.0. The first kappa shape index (κ1) is 12.2. The van der Waals surface area contributed by atoms with Crippen LogP contribution >= 0.6 is 0 Å². The highest BCUT2D eigenvalue weighted by Crippen LogP contribution is 2.28. The molecule has 0 radical (unpaired) electrons. The lowest BCUT2D eigenvalue weighted by Crippen LogP contribution is -2.23. The number of ketones is 1. The van der Waals surface area contributed by atoms with E-state index in [-0.39, 0.29) is 5.92 Å². The third-order valence-electron chi connectivity index (χ3n) is 4.09. The van der Waals surface area contributed by atoms with Crippen LogP contribution in [0.1, 0.15) is 34.5 Å². The van der Waals surface area contributed by atoms with Gasteiger partial charge in [-0.25, -0.2) is 0 Å². The third kappa shape index (κ3) is 2.33. The largest absolute Gasteiger partial charge is 0.294 e. The second kappa shape index (κ2) is 5.00. The van der Waals surface area contributed by atoms with Crippen molar-refractivity contribution >= 4 is 5.78 Å². The van der Waals surface area contributed by atoms with Crippen molar-refractivity contribution in [2.24, 2.45) is 13.0 Å². The number of nitrogens with zero attached hydrogens (tertiary/aromatic N) is 2.